The highest BCUT2D eigenvalue weighted by molar-refractivity contribution is 5.67. The minimum Gasteiger partial charge on any atom is -0.383 e. The van der Waals surface area contributed by atoms with Crippen LogP contribution in [0.15, 0.2) is 18.5 Å². The van der Waals surface area contributed by atoms with Crippen molar-refractivity contribution in [3.05, 3.63) is 41.5 Å². The molecule has 0 fully saturated rings. The van der Waals surface area contributed by atoms with Gasteiger partial charge in [0.15, 0.2) is 17.5 Å². The Labute approximate surface area is 101 Å². The van der Waals surface area contributed by atoms with Crippen LogP contribution in [0.1, 0.15) is 12.5 Å². The molecule has 0 bridgehead atoms. The second kappa shape index (κ2) is 4.64. The van der Waals surface area contributed by atoms with Crippen molar-refractivity contribution in [1.82, 2.24) is 9.97 Å². The zero-order valence-electron chi connectivity index (χ0n) is 9.54. The topological polar surface area (TPSA) is 51.8 Å². The lowest BCUT2D eigenvalue weighted by Crippen LogP contribution is -2.02. The van der Waals surface area contributed by atoms with Gasteiger partial charge in [0.1, 0.15) is 12.1 Å². The molecule has 1 aromatic carbocycles. The van der Waals surface area contributed by atoms with Crippen LogP contribution in [0.25, 0.3) is 11.3 Å². The van der Waals surface area contributed by atoms with Gasteiger partial charge in [-0.3, -0.25) is 0 Å². The summed E-state index contributed by atoms with van der Waals surface area (Å²) in [6.07, 6.45) is 1.70. The zero-order valence-corrected chi connectivity index (χ0v) is 9.54. The predicted molar refractivity (Wildman–Crippen MR) is 61.1 cm³/mol. The van der Waals surface area contributed by atoms with Crippen molar-refractivity contribution >= 4 is 5.82 Å². The second-order valence-corrected chi connectivity index (χ2v) is 3.69. The summed E-state index contributed by atoms with van der Waals surface area (Å²) in [5.41, 5.74) is 6.68. The molecule has 2 aromatic rings. The van der Waals surface area contributed by atoms with E-state index in [1.54, 1.807) is 0 Å². The maximum atomic E-state index is 13.2. The van der Waals surface area contributed by atoms with Crippen LogP contribution < -0.4 is 5.73 Å². The fourth-order valence-electron chi connectivity index (χ4n) is 1.72. The summed E-state index contributed by atoms with van der Waals surface area (Å²) in [6.45, 7) is 1.81. The lowest BCUT2D eigenvalue weighted by molar-refractivity contribution is 0.447. The molecule has 0 atom stereocenters. The molecule has 0 aliphatic rings. The van der Waals surface area contributed by atoms with E-state index < -0.39 is 17.5 Å². The SMILES string of the molecule is CCc1c(N)ncnc1-c1cc(F)c(F)c(F)c1. The summed E-state index contributed by atoms with van der Waals surface area (Å²) in [7, 11) is 0. The molecule has 2 rings (SSSR count). The van der Waals surface area contributed by atoms with E-state index in [4.69, 9.17) is 5.73 Å². The van der Waals surface area contributed by atoms with Crippen molar-refractivity contribution < 1.29 is 13.2 Å². The largest absolute Gasteiger partial charge is 0.383 e. The molecule has 2 N–H and O–H groups in total. The first-order chi connectivity index (χ1) is 8.54. The number of hydrogen-bond donors (Lipinski definition) is 1. The summed E-state index contributed by atoms with van der Waals surface area (Å²) in [6, 6.07) is 1.78. The van der Waals surface area contributed by atoms with Crippen molar-refractivity contribution in [3.8, 4) is 11.3 Å². The molecule has 0 saturated carbocycles. The Kier molecular flexibility index (Phi) is 3.18. The average molecular weight is 253 g/mol. The molecule has 0 aliphatic carbocycles. The van der Waals surface area contributed by atoms with Crippen molar-refractivity contribution in [2.75, 3.05) is 5.73 Å². The molecule has 18 heavy (non-hydrogen) atoms. The first-order valence-electron chi connectivity index (χ1n) is 5.28. The molecule has 0 amide bonds. The summed E-state index contributed by atoms with van der Waals surface area (Å²) in [4.78, 5) is 7.75. The van der Waals surface area contributed by atoms with Gasteiger partial charge in [-0.2, -0.15) is 0 Å². The fraction of sp³-hybridized carbons (Fsp3) is 0.167. The van der Waals surface area contributed by atoms with Gasteiger partial charge < -0.3 is 5.73 Å². The Hall–Kier alpha value is -2.11. The van der Waals surface area contributed by atoms with Crippen LogP contribution in [0.2, 0.25) is 0 Å². The average Bonchev–Trinajstić information content (AvgIpc) is 2.35. The Morgan fingerprint density at radius 3 is 2.28 bits per heavy atom. The molecule has 1 heterocycles. The normalized spacial score (nSPS) is 10.7. The Bertz CT molecular complexity index is 576. The molecule has 0 spiro atoms. The summed E-state index contributed by atoms with van der Waals surface area (Å²) in [5.74, 6) is -3.78. The fourth-order valence-corrected chi connectivity index (χ4v) is 1.72. The van der Waals surface area contributed by atoms with Gasteiger partial charge in [-0.1, -0.05) is 6.92 Å². The third kappa shape index (κ3) is 2.01. The first-order valence-corrected chi connectivity index (χ1v) is 5.28. The van der Waals surface area contributed by atoms with Crippen molar-refractivity contribution in [1.29, 1.82) is 0 Å². The summed E-state index contributed by atoms with van der Waals surface area (Å²) < 4.78 is 39.2. The van der Waals surface area contributed by atoms with Crippen molar-refractivity contribution in [2.24, 2.45) is 0 Å². The number of halogens is 3. The van der Waals surface area contributed by atoms with Gasteiger partial charge in [0.2, 0.25) is 0 Å². The van der Waals surface area contributed by atoms with E-state index >= 15 is 0 Å². The van der Waals surface area contributed by atoms with E-state index in [9.17, 15) is 13.2 Å². The monoisotopic (exact) mass is 253 g/mol. The number of hydrogen-bond acceptors (Lipinski definition) is 3. The van der Waals surface area contributed by atoms with E-state index in [0.29, 0.717) is 17.7 Å². The van der Waals surface area contributed by atoms with E-state index in [2.05, 4.69) is 9.97 Å². The number of rotatable bonds is 2. The number of nitrogen functional groups attached to an aromatic ring is 1. The van der Waals surface area contributed by atoms with E-state index in [-0.39, 0.29) is 11.4 Å². The van der Waals surface area contributed by atoms with Crippen molar-refractivity contribution in [2.45, 2.75) is 13.3 Å². The molecule has 0 saturated heterocycles. The predicted octanol–water partition coefficient (Wildman–Crippen LogP) is 2.71. The third-order valence-electron chi connectivity index (χ3n) is 2.59. The van der Waals surface area contributed by atoms with Gasteiger partial charge in [0.25, 0.3) is 0 Å². The molecule has 94 valence electrons. The van der Waals surface area contributed by atoms with Crippen LogP contribution in [-0.4, -0.2) is 9.97 Å². The molecule has 0 radical (unpaired) electrons. The molecule has 0 unspecified atom stereocenters. The van der Waals surface area contributed by atoms with E-state index in [1.165, 1.54) is 6.33 Å². The highest BCUT2D eigenvalue weighted by Crippen LogP contribution is 2.27. The van der Waals surface area contributed by atoms with Gasteiger partial charge >= 0.3 is 0 Å². The zero-order chi connectivity index (χ0) is 13.3. The Morgan fingerprint density at radius 2 is 1.72 bits per heavy atom. The van der Waals surface area contributed by atoms with Crippen LogP contribution in [0, 0.1) is 17.5 Å². The Balaban J connectivity index is 2.66. The summed E-state index contributed by atoms with van der Waals surface area (Å²) in [5, 5.41) is 0. The van der Waals surface area contributed by atoms with Crippen LogP contribution >= 0.6 is 0 Å². The van der Waals surface area contributed by atoms with Gasteiger partial charge in [-0.25, -0.2) is 23.1 Å². The highest BCUT2D eigenvalue weighted by atomic mass is 19.2. The third-order valence-corrected chi connectivity index (χ3v) is 2.59. The minimum atomic E-state index is -1.50. The molecular formula is C12H10F3N3. The maximum absolute atomic E-state index is 13.2. The summed E-state index contributed by atoms with van der Waals surface area (Å²) >= 11 is 0. The minimum absolute atomic E-state index is 0.136. The quantitative estimate of drug-likeness (QED) is 0.837. The Morgan fingerprint density at radius 1 is 1.11 bits per heavy atom. The number of benzene rings is 1. The van der Waals surface area contributed by atoms with E-state index in [1.807, 2.05) is 6.92 Å². The van der Waals surface area contributed by atoms with Crippen LogP contribution in [0.4, 0.5) is 19.0 Å². The number of anilines is 1. The smallest absolute Gasteiger partial charge is 0.194 e. The number of nitrogens with zero attached hydrogens (tertiary/aromatic N) is 2. The first kappa shape index (κ1) is 12.3. The molecule has 6 heteroatoms. The van der Waals surface area contributed by atoms with Crippen molar-refractivity contribution in [3.63, 3.8) is 0 Å². The van der Waals surface area contributed by atoms with Crippen LogP contribution in [0.3, 0.4) is 0 Å². The lowest BCUT2D eigenvalue weighted by atomic mass is 10.0. The second-order valence-electron chi connectivity index (χ2n) is 3.69. The molecule has 1 aromatic heterocycles. The van der Waals surface area contributed by atoms with E-state index in [0.717, 1.165) is 12.1 Å². The maximum Gasteiger partial charge on any atom is 0.194 e. The lowest BCUT2D eigenvalue weighted by Gasteiger charge is -2.09. The van der Waals surface area contributed by atoms with Crippen LogP contribution in [-0.2, 0) is 6.42 Å². The molecule has 0 aliphatic heterocycles. The van der Waals surface area contributed by atoms with Gasteiger partial charge in [0, 0.05) is 11.1 Å². The number of nitrogens with two attached hydrogens (primary N) is 1. The van der Waals surface area contributed by atoms with Gasteiger partial charge in [0.05, 0.1) is 5.69 Å². The van der Waals surface area contributed by atoms with Gasteiger partial charge in [-0.15, -0.1) is 0 Å². The highest BCUT2D eigenvalue weighted by Gasteiger charge is 2.15. The standard InChI is InChI=1S/C12H10F3N3/c1-2-7-11(17-5-18-12(7)16)6-3-8(13)10(15)9(14)4-6/h3-5H,2H2,1H3,(H2,16,17,18). The molecule has 3 nitrogen and oxygen atoms in total. The number of aromatic nitrogens is 2. The van der Waals surface area contributed by atoms with Gasteiger partial charge in [-0.05, 0) is 18.6 Å². The van der Waals surface area contributed by atoms with Crippen LogP contribution in [0.5, 0.6) is 0 Å². The molecular weight excluding hydrogens is 243 g/mol.